The Kier molecular flexibility index (Phi) is 3.39. The second kappa shape index (κ2) is 4.97. The monoisotopic (exact) mass is 233 g/mol. The first kappa shape index (κ1) is 11.6. The molecule has 1 saturated heterocycles. The van der Waals surface area contributed by atoms with Gasteiger partial charge in [0.25, 0.3) is 0 Å². The molecule has 1 heterocycles. The topological polar surface area (TPSA) is 84.2 Å². The van der Waals surface area contributed by atoms with E-state index in [1.54, 1.807) is 24.3 Å². The van der Waals surface area contributed by atoms with Gasteiger partial charge in [0.1, 0.15) is 0 Å². The minimum atomic E-state index is -0.500. The molecule has 1 aliphatic rings. The van der Waals surface area contributed by atoms with Crippen LogP contribution in [0, 0.1) is 0 Å². The average Bonchev–Trinajstić information content (AvgIpc) is 2.82. The van der Waals surface area contributed by atoms with Crippen LogP contribution in [-0.4, -0.2) is 24.4 Å². The van der Waals surface area contributed by atoms with Gasteiger partial charge in [0.2, 0.25) is 11.8 Å². The van der Waals surface area contributed by atoms with Crippen LogP contribution in [0.4, 0.5) is 5.69 Å². The second-order valence-corrected chi connectivity index (χ2v) is 4.08. The van der Waals surface area contributed by atoms with Gasteiger partial charge in [-0.05, 0) is 37.6 Å². The summed E-state index contributed by atoms with van der Waals surface area (Å²) >= 11 is 0. The van der Waals surface area contributed by atoms with Crippen LogP contribution < -0.4 is 16.4 Å². The van der Waals surface area contributed by atoms with E-state index in [1.807, 2.05) is 0 Å². The molecule has 1 fully saturated rings. The van der Waals surface area contributed by atoms with Gasteiger partial charge in [-0.1, -0.05) is 6.07 Å². The first-order chi connectivity index (χ1) is 8.16. The van der Waals surface area contributed by atoms with Gasteiger partial charge in [-0.2, -0.15) is 0 Å². The molecule has 5 nitrogen and oxygen atoms in total. The fourth-order valence-corrected chi connectivity index (χ4v) is 1.89. The molecule has 0 aromatic heterocycles. The van der Waals surface area contributed by atoms with Gasteiger partial charge < -0.3 is 16.4 Å². The summed E-state index contributed by atoms with van der Waals surface area (Å²) in [6, 6.07) is 6.49. The largest absolute Gasteiger partial charge is 0.366 e. The van der Waals surface area contributed by atoms with Gasteiger partial charge >= 0.3 is 0 Å². The molecule has 5 heteroatoms. The lowest BCUT2D eigenvalue weighted by atomic mass is 10.1. The highest BCUT2D eigenvalue weighted by Gasteiger charge is 2.21. The zero-order chi connectivity index (χ0) is 12.3. The highest BCUT2D eigenvalue weighted by molar-refractivity contribution is 5.98. The average molecular weight is 233 g/mol. The van der Waals surface area contributed by atoms with Crippen molar-refractivity contribution in [3.63, 3.8) is 0 Å². The van der Waals surface area contributed by atoms with Gasteiger partial charge in [0.05, 0.1) is 6.04 Å². The second-order valence-electron chi connectivity index (χ2n) is 4.08. The Morgan fingerprint density at radius 1 is 1.41 bits per heavy atom. The van der Waals surface area contributed by atoms with Gasteiger partial charge in [-0.25, -0.2) is 0 Å². The van der Waals surface area contributed by atoms with E-state index in [4.69, 9.17) is 5.73 Å². The van der Waals surface area contributed by atoms with Crippen LogP contribution in [0.5, 0.6) is 0 Å². The van der Waals surface area contributed by atoms with Crippen LogP contribution in [0.1, 0.15) is 23.2 Å². The molecule has 2 rings (SSSR count). The zero-order valence-electron chi connectivity index (χ0n) is 9.40. The summed E-state index contributed by atoms with van der Waals surface area (Å²) in [6.45, 7) is 0.874. The third kappa shape index (κ3) is 2.82. The normalized spacial score (nSPS) is 18.9. The Bertz CT molecular complexity index is 439. The van der Waals surface area contributed by atoms with Crippen molar-refractivity contribution in [2.75, 3.05) is 11.9 Å². The highest BCUT2D eigenvalue weighted by atomic mass is 16.2. The van der Waals surface area contributed by atoms with E-state index in [0.717, 1.165) is 19.4 Å². The Balaban J connectivity index is 2.05. The molecule has 1 aromatic rings. The molecule has 90 valence electrons. The molecule has 0 saturated carbocycles. The first-order valence-electron chi connectivity index (χ1n) is 5.61. The molecular formula is C12H15N3O2. The smallest absolute Gasteiger partial charge is 0.248 e. The SMILES string of the molecule is NC(=O)c1cccc(NC(=O)C2CCCN2)c1. The molecule has 1 aliphatic heterocycles. The molecule has 0 spiro atoms. The summed E-state index contributed by atoms with van der Waals surface area (Å²) in [6.07, 6.45) is 1.86. The van der Waals surface area contributed by atoms with Crippen LogP contribution in [0.3, 0.4) is 0 Å². The molecule has 2 amide bonds. The fourth-order valence-electron chi connectivity index (χ4n) is 1.89. The van der Waals surface area contributed by atoms with Crippen LogP contribution in [0.25, 0.3) is 0 Å². The van der Waals surface area contributed by atoms with E-state index in [1.165, 1.54) is 0 Å². The Hall–Kier alpha value is -1.88. The lowest BCUT2D eigenvalue weighted by Gasteiger charge is -2.11. The van der Waals surface area contributed by atoms with Crippen molar-refractivity contribution in [2.24, 2.45) is 5.73 Å². The van der Waals surface area contributed by atoms with Crippen molar-refractivity contribution in [1.29, 1.82) is 0 Å². The maximum Gasteiger partial charge on any atom is 0.248 e. The quantitative estimate of drug-likeness (QED) is 0.709. The number of benzene rings is 1. The molecule has 1 aromatic carbocycles. The Morgan fingerprint density at radius 3 is 2.88 bits per heavy atom. The molecular weight excluding hydrogens is 218 g/mol. The molecule has 0 bridgehead atoms. The molecule has 17 heavy (non-hydrogen) atoms. The maximum absolute atomic E-state index is 11.8. The zero-order valence-corrected chi connectivity index (χ0v) is 9.40. The van der Waals surface area contributed by atoms with E-state index in [0.29, 0.717) is 11.3 Å². The first-order valence-corrected chi connectivity index (χ1v) is 5.61. The van der Waals surface area contributed by atoms with Crippen molar-refractivity contribution in [1.82, 2.24) is 5.32 Å². The van der Waals surface area contributed by atoms with Gasteiger partial charge in [0, 0.05) is 11.3 Å². The number of rotatable bonds is 3. The summed E-state index contributed by atoms with van der Waals surface area (Å²) in [7, 11) is 0. The number of nitrogens with two attached hydrogens (primary N) is 1. The number of carbonyl (C=O) groups is 2. The van der Waals surface area contributed by atoms with Crippen molar-refractivity contribution < 1.29 is 9.59 Å². The third-order valence-electron chi connectivity index (χ3n) is 2.79. The molecule has 4 N–H and O–H groups in total. The highest BCUT2D eigenvalue weighted by Crippen LogP contribution is 2.12. The summed E-state index contributed by atoms with van der Waals surface area (Å²) in [5.74, 6) is -0.566. The number of amides is 2. The number of hydrogen-bond donors (Lipinski definition) is 3. The van der Waals surface area contributed by atoms with Crippen molar-refractivity contribution in [2.45, 2.75) is 18.9 Å². The van der Waals surface area contributed by atoms with Crippen molar-refractivity contribution >= 4 is 17.5 Å². The Morgan fingerprint density at radius 2 is 2.24 bits per heavy atom. The molecule has 0 aliphatic carbocycles. The number of anilines is 1. The fraction of sp³-hybridized carbons (Fsp3) is 0.333. The van der Waals surface area contributed by atoms with Crippen LogP contribution in [0.15, 0.2) is 24.3 Å². The number of nitrogens with one attached hydrogen (secondary N) is 2. The van der Waals surface area contributed by atoms with E-state index < -0.39 is 5.91 Å². The van der Waals surface area contributed by atoms with Crippen LogP contribution in [-0.2, 0) is 4.79 Å². The third-order valence-corrected chi connectivity index (χ3v) is 2.79. The summed E-state index contributed by atoms with van der Waals surface area (Å²) in [4.78, 5) is 22.8. The van der Waals surface area contributed by atoms with E-state index in [2.05, 4.69) is 10.6 Å². The minimum Gasteiger partial charge on any atom is -0.366 e. The van der Waals surface area contributed by atoms with Crippen molar-refractivity contribution in [3.8, 4) is 0 Å². The standard InChI is InChI=1S/C12H15N3O2/c13-11(16)8-3-1-4-9(7-8)15-12(17)10-5-2-6-14-10/h1,3-4,7,10,14H,2,5-6H2,(H2,13,16)(H,15,17). The molecule has 1 unspecified atom stereocenters. The van der Waals surface area contributed by atoms with Gasteiger partial charge in [0.15, 0.2) is 0 Å². The van der Waals surface area contributed by atoms with Gasteiger partial charge in [-0.3, -0.25) is 9.59 Å². The lowest BCUT2D eigenvalue weighted by molar-refractivity contribution is -0.117. The van der Waals surface area contributed by atoms with E-state index in [-0.39, 0.29) is 11.9 Å². The number of primary amides is 1. The number of carbonyl (C=O) groups excluding carboxylic acids is 2. The van der Waals surface area contributed by atoms with Gasteiger partial charge in [-0.15, -0.1) is 0 Å². The van der Waals surface area contributed by atoms with Crippen LogP contribution in [0.2, 0.25) is 0 Å². The Labute approximate surface area is 99.4 Å². The minimum absolute atomic E-state index is 0.0656. The summed E-state index contributed by atoms with van der Waals surface area (Å²) in [5, 5.41) is 5.88. The van der Waals surface area contributed by atoms with Crippen LogP contribution >= 0.6 is 0 Å². The lowest BCUT2D eigenvalue weighted by Crippen LogP contribution is -2.35. The van der Waals surface area contributed by atoms with E-state index >= 15 is 0 Å². The van der Waals surface area contributed by atoms with E-state index in [9.17, 15) is 9.59 Å². The summed E-state index contributed by atoms with van der Waals surface area (Å²) in [5.41, 5.74) is 6.16. The summed E-state index contributed by atoms with van der Waals surface area (Å²) < 4.78 is 0. The molecule has 0 radical (unpaired) electrons. The predicted octanol–water partition coefficient (Wildman–Crippen LogP) is 0.476. The maximum atomic E-state index is 11.8. The predicted molar refractivity (Wildman–Crippen MR) is 64.6 cm³/mol. The number of hydrogen-bond acceptors (Lipinski definition) is 3. The van der Waals surface area contributed by atoms with Crippen molar-refractivity contribution in [3.05, 3.63) is 29.8 Å². The molecule has 1 atom stereocenters.